The highest BCUT2D eigenvalue weighted by Gasteiger charge is 2.28. The Morgan fingerprint density at radius 2 is 1.84 bits per heavy atom. The van der Waals surface area contributed by atoms with E-state index in [1.807, 2.05) is 30.3 Å². The number of hydrogen-bond acceptors (Lipinski definition) is 6. The second-order valence-corrected chi connectivity index (χ2v) is 12.0. The summed E-state index contributed by atoms with van der Waals surface area (Å²) in [6.45, 7) is 3.64. The van der Waals surface area contributed by atoms with Crippen molar-refractivity contribution in [1.29, 1.82) is 0 Å². The molecule has 1 fully saturated rings. The largest absolute Gasteiger partial charge is 0.480 e. The second kappa shape index (κ2) is 13.9. The summed E-state index contributed by atoms with van der Waals surface area (Å²) in [5, 5.41) is 12.4. The van der Waals surface area contributed by atoms with Gasteiger partial charge in [0.05, 0.1) is 0 Å². The number of benzene rings is 2. The van der Waals surface area contributed by atoms with Gasteiger partial charge in [-0.2, -0.15) is 11.8 Å². The number of thioether (sulfide) groups is 1. The molecule has 2 atom stereocenters. The highest BCUT2D eigenvalue weighted by molar-refractivity contribution is 7.98. The smallest absolute Gasteiger partial charge is 0.327 e. The average Bonchev–Trinajstić information content (AvgIpc) is 3.02. The SMILES string of the molecule is CC1CC=CC=C1C1CCN(c2cc(C(=O)N[C@@H](CSCc3ccccc3)C(=O)O)nc(-c3ccc(F)c(F)c3)n2)CC1. The topological polar surface area (TPSA) is 95.4 Å². The van der Waals surface area contributed by atoms with Crippen molar-refractivity contribution in [2.24, 2.45) is 11.8 Å². The number of nitrogens with one attached hydrogen (secondary N) is 1. The van der Waals surface area contributed by atoms with Crippen LogP contribution in [-0.2, 0) is 10.5 Å². The Kier molecular flexibility index (Phi) is 9.86. The Morgan fingerprint density at radius 3 is 2.53 bits per heavy atom. The van der Waals surface area contributed by atoms with Crippen molar-refractivity contribution >= 4 is 29.5 Å². The maximum absolute atomic E-state index is 14.1. The first kappa shape index (κ1) is 30.4. The van der Waals surface area contributed by atoms with E-state index in [0.29, 0.717) is 36.5 Å². The van der Waals surface area contributed by atoms with Gasteiger partial charge in [-0.15, -0.1) is 0 Å². The Hall–Kier alpha value is -4.05. The zero-order chi connectivity index (χ0) is 30.3. The number of piperidine rings is 1. The van der Waals surface area contributed by atoms with Crippen molar-refractivity contribution < 1.29 is 23.5 Å². The number of hydrogen-bond donors (Lipinski definition) is 2. The molecule has 224 valence electrons. The van der Waals surface area contributed by atoms with E-state index < -0.39 is 29.6 Å². The van der Waals surface area contributed by atoms with E-state index >= 15 is 0 Å². The first-order valence-electron chi connectivity index (χ1n) is 14.4. The van der Waals surface area contributed by atoms with Crippen LogP contribution < -0.4 is 10.2 Å². The van der Waals surface area contributed by atoms with E-state index in [4.69, 9.17) is 0 Å². The fourth-order valence-corrected chi connectivity index (χ4v) is 6.50. The predicted molar refractivity (Wildman–Crippen MR) is 165 cm³/mol. The Labute approximate surface area is 254 Å². The van der Waals surface area contributed by atoms with E-state index in [2.05, 4.69) is 45.3 Å². The van der Waals surface area contributed by atoms with Gasteiger partial charge in [-0.05, 0) is 54.9 Å². The molecule has 1 aliphatic carbocycles. The van der Waals surface area contributed by atoms with Crippen LogP contribution in [0.1, 0.15) is 42.2 Å². The molecular weight excluding hydrogens is 570 g/mol. The number of carbonyl (C=O) groups is 2. The molecular formula is C33H34F2N4O3S. The van der Waals surface area contributed by atoms with Crippen molar-refractivity contribution in [3.05, 3.63) is 101 Å². The van der Waals surface area contributed by atoms with Crippen LogP contribution in [0, 0.1) is 23.5 Å². The molecule has 10 heteroatoms. The molecule has 5 rings (SSSR count). The van der Waals surface area contributed by atoms with Crippen LogP contribution in [-0.4, -0.2) is 51.8 Å². The quantitative estimate of drug-likeness (QED) is 0.281. The third-order valence-electron chi connectivity index (χ3n) is 7.90. The van der Waals surface area contributed by atoms with Gasteiger partial charge in [-0.1, -0.05) is 61.1 Å². The number of nitrogens with zero attached hydrogens (tertiary/aromatic N) is 3. The number of carboxylic acids is 1. The normalized spacial score (nSPS) is 17.8. The molecule has 1 unspecified atom stereocenters. The number of halogens is 2. The highest BCUT2D eigenvalue weighted by Crippen LogP contribution is 2.35. The number of amides is 1. The van der Waals surface area contributed by atoms with Gasteiger partial charge < -0.3 is 15.3 Å². The van der Waals surface area contributed by atoms with Gasteiger partial charge in [0.1, 0.15) is 17.6 Å². The lowest BCUT2D eigenvalue weighted by Crippen LogP contribution is -2.43. The van der Waals surface area contributed by atoms with Gasteiger partial charge in [0, 0.05) is 36.2 Å². The van der Waals surface area contributed by atoms with Crippen LogP contribution in [0.15, 0.2) is 78.4 Å². The molecule has 1 saturated heterocycles. The zero-order valence-electron chi connectivity index (χ0n) is 23.9. The van der Waals surface area contributed by atoms with Gasteiger partial charge in [-0.25, -0.2) is 23.5 Å². The van der Waals surface area contributed by atoms with Crippen LogP contribution in [0.25, 0.3) is 11.4 Å². The number of aliphatic carboxylic acids is 1. The molecule has 2 heterocycles. The molecule has 0 saturated carbocycles. The van der Waals surface area contributed by atoms with Gasteiger partial charge in [-0.3, -0.25) is 4.79 Å². The molecule has 2 aromatic carbocycles. The third kappa shape index (κ3) is 7.67. The number of anilines is 1. The van der Waals surface area contributed by atoms with E-state index in [9.17, 15) is 23.5 Å². The molecule has 7 nitrogen and oxygen atoms in total. The fourth-order valence-electron chi connectivity index (χ4n) is 5.50. The molecule has 0 radical (unpaired) electrons. The molecule has 1 aromatic heterocycles. The van der Waals surface area contributed by atoms with Crippen LogP contribution in [0.5, 0.6) is 0 Å². The predicted octanol–water partition coefficient (Wildman–Crippen LogP) is 6.28. The summed E-state index contributed by atoms with van der Waals surface area (Å²) >= 11 is 1.40. The standard InChI is InChI=1S/C33H34F2N4O3S/c1-21-7-5-6-10-25(21)23-13-15-39(16-14-23)30-18-28(36-31(38-30)24-11-12-26(34)27(35)17-24)32(40)37-29(33(41)42)20-43-19-22-8-3-2-4-9-22/h2-6,8-12,17-18,21,23,29H,7,13-16,19-20H2,1H3,(H,37,40)(H,41,42)/t21?,29-/m0/s1. The van der Waals surface area contributed by atoms with Crippen LogP contribution in [0.4, 0.5) is 14.6 Å². The van der Waals surface area contributed by atoms with Gasteiger partial charge >= 0.3 is 5.97 Å². The number of aromatic nitrogens is 2. The number of carboxylic acid groups (broad SMARTS) is 1. The molecule has 0 bridgehead atoms. The zero-order valence-corrected chi connectivity index (χ0v) is 24.7. The Morgan fingerprint density at radius 1 is 1.07 bits per heavy atom. The summed E-state index contributed by atoms with van der Waals surface area (Å²) in [5.74, 6) is -1.64. The van der Waals surface area contributed by atoms with Crippen LogP contribution in [0.3, 0.4) is 0 Å². The first-order valence-corrected chi connectivity index (χ1v) is 15.6. The maximum atomic E-state index is 14.1. The molecule has 3 aromatic rings. The van der Waals surface area contributed by atoms with Crippen molar-refractivity contribution in [3.8, 4) is 11.4 Å². The fraction of sp³-hybridized carbons (Fsp3) is 0.333. The minimum absolute atomic E-state index is 0.0417. The maximum Gasteiger partial charge on any atom is 0.327 e. The number of allylic oxidation sites excluding steroid dienone is 4. The minimum atomic E-state index is -1.16. The molecule has 0 spiro atoms. The summed E-state index contributed by atoms with van der Waals surface area (Å²) in [6.07, 6.45) is 9.39. The molecule has 2 N–H and O–H groups in total. The highest BCUT2D eigenvalue weighted by atomic mass is 32.2. The lowest BCUT2D eigenvalue weighted by molar-refractivity contribution is -0.138. The summed E-state index contributed by atoms with van der Waals surface area (Å²) < 4.78 is 27.8. The van der Waals surface area contributed by atoms with Crippen molar-refractivity contribution in [1.82, 2.24) is 15.3 Å². The van der Waals surface area contributed by atoms with E-state index in [1.54, 1.807) is 6.07 Å². The van der Waals surface area contributed by atoms with Gasteiger partial charge in [0.2, 0.25) is 0 Å². The van der Waals surface area contributed by atoms with Crippen molar-refractivity contribution in [2.45, 2.75) is 38.0 Å². The minimum Gasteiger partial charge on any atom is -0.480 e. The van der Waals surface area contributed by atoms with Crippen molar-refractivity contribution in [2.75, 3.05) is 23.7 Å². The van der Waals surface area contributed by atoms with E-state index in [1.165, 1.54) is 23.4 Å². The number of carbonyl (C=O) groups excluding carboxylic acids is 1. The lowest BCUT2D eigenvalue weighted by Gasteiger charge is -2.36. The Bertz CT molecular complexity index is 1520. The van der Waals surface area contributed by atoms with Crippen molar-refractivity contribution in [3.63, 3.8) is 0 Å². The average molecular weight is 605 g/mol. The first-order chi connectivity index (χ1) is 20.8. The van der Waals surface area contributed by atoms with E-state index in [0.717, 1.165) is 37.0 Å². The summed E-state index contributed by atoms with van der Waals surface area (Å²) in [5.41, 5.74) is 2.68. The summed E-state index contributed by atoms with van der Waals surface area (Å²) in [4.78, 5) is 36.4. The third-order valence-corrected chi connectivity index (χ3v) is 9.00. The monoisotopic (exact) mass is 604 g/mol. The number of rotatable bonds is 10. The van der Waals surface area contributed by atoms with Crippen LogP contribution in [0.2, 0.25) is 0 Å². The summed E-state index contributed by atoms with van der Waals surface area (Å²) in [6, 6.07) is 13.4. The Balaban J connectivity index is 1.36. The second-order valence-electron chi connectivity index (χ2n) is 10.9. The molecule has 43 heavy (non-hydrogen) atoms. The van der Waals surface area contributed by atoms with Gasteiger partial charge in [0.15, 0.2) is 17.5 Å². The van der Waals surface area contributed by atoms with Crippen LogP contribution >= 0.6 is 11.8 Å². The molecule has 1 aliphatic heterocycles. The molecule has 1 amide bonds. The molecule has 2 aliphatic rings. The lowest BCUT2D eigenvalue weighted by atomic mass is 9.79. The summed E-state index contributed by atoms with van der Waals surface area (Å²) in [7, 11) is 0. The van der Waals surface area contributed by atoms with E-state index in [-0.39, 0.29) is 22.8 Å². The van der Waals surface area contributed by atoms with Gasteiger partial charge in [0.25, 0.3) is 5.91 Å².